The third-order valence-electron chi connectivity index (χ3n) is 3.30. The van der Waals surface area contributed by atoms with Crippen LogP contribution in [0.15, 0.2) is 35.6 Å². The molecule has 0 amide bonds. The molecule has 1 fully saturated rings. The summed E-state index contributed by atoms with van der Waals surface area (Å²) in [6.45, 7) is 0. The standard InChI is InChI=1S/C14H14N2O3S/c17-14(18)12-6-5-9(19-12)7-20-13-10-3-1-2-4-11(10)15-8-16-13/h1-4,8-9,12H,5-7H2,(H,17,18). The maximum atomic E-state index is 10.8. The SMILES string of the molecule is O=C(O)C1CCC(CSc2ncnc3ccccc23)O1. The zero-order valence-corrected chi connectivity index (χ0v) is 11.5. The van der Waals surface area contributed by atoms with Crippen LogP contribution in [-0.2, 0) is 9.53 Å². The second-order valence-corrected chi connectivity index (χ2v) is 5.68. The molecule has 104 valence electrons. The Morgan fingerprint density at radius 2 is 2.20 bits per heavy atom. The van der Waals surface area contributed by atoms with Crippen LogP contribution < -0.4 is 0 Å². The molecule has 5 nitrogen and oxygen atoms in total. The lowest BCUT2D eigenvalue weighted by Crippen LogP contribution is -2.21. The second kappa shape index (κ2) is 5.76. The average Bonchev–Trinajstić information content (AvgIpc) is 2.94. The number of para-hydroxylation sites is 1. The zero-order valence-electron chi connectivity index (χ0n) is 10.7. The molecule has 1 N–H and O–H groups in total. The van der Waals surface area contributed by atoms with Crippen molar-refractivity contribution in [2.45, 2.75) is 30.1 Å². The summed E-state index contributed by atoms with van der Waals surface area (Å²) >= 11 is 1.59. The maximum absolute atomic E-state index is 10.8. The molecule has 2 atom stereocenters. The maximum Gasteiger partial charge on any atom is 0.332 e. The Bertz CT molecular complexity index is 629. The lowest BCUT2D eigenvalue weighted by atomic mass is 10.2. The van der Waals surface area contributed by atoms with Crippen LogP contribution in [0.25, 0.3) is 10.9 Å². The molecule has 6 heteroatoms. The first kappa shape index (κ1) is 13.3. The first-order valence-electron chi connectivity index (χ1n) is 6.45. The van der Waals surface area contributed by atoms with Crippen molar-refractivity contribution in [2.75, 3.05) is 5.75 Å². The third kappa shape index (κ3) is 2.76. The van der Waals surface area contributed by atoms with Crippen molar-refractivity contribution in [1.29, 1.82) is 0 Å². The predicted molar refractivity (Wildman–Crippen MR) is 75.8 cm³/mol. The molecule has 1 aliphatic heterocycles. The van der Waals surface area contributed by atoms with Gasteiger partial charge in [0.15, 0.2) is 6.10 Å². The van der Waals surface area contributed by atoms with Crippen LogP contribution >= 0.6 is 11.8 Å². The number of hydrogen-bond donors (Lipinski definition) is 1. The van der Waals surface area contributed by atoms with Gasteiger partial charge in [-0.3, -0.25) is 0 Å². The number of benzene rings is 1. The van der Waals surface area contributed by atoms with Crippen LogP contribution in [0, 0.1) is 0 Å². The number of carboxylic acids is 1. The molecule has 0 aliphatic carbocycles. The van der Waals surface area contributed by atoms with Crippen LogP contribution in [0.3, 0.4) is 0 Å². The lowest BCUT2D eigenvalue weighted by molar-refractivity contribution is -0.148. The monoisotopic (exact) mass is 290 g/mol. The highest BCUT2D eigenvalue weighted by Gasteiger charge is 2.30. The van der Waals surface area contributed by atoms with E-state index in [0.29, 0.717) is 12.2 Å². The van der Waals surface area contributed by atoms with E-state index in [9.17, 15) is 4.79 Å². The Balaban J connectivity index is 1.67. The molecule has 2 unspecified atom stereocenters. The fraction of sp³-hybridized carbons (Fsp3) is 0.357. The largest absolute Gasteiger partial charge is 0.479 e. The highest BCUT2D eigenvalue weighted by molar-refractivity contribution is 7.99. The van der Waals surface area contributed by atoms with Crippen LogP contribution in [0.4, 0.5) is 0 Å². The Morgan fingerprint density at radius 1 is 1.35 bits per heavy atom. The number of aromatic nitrogens is 2. The van der Waals surface area contributed by atoms with E-state index in [1.165, 1.54) is 0 Å². The minimum atomic E-state index is -0.870. The van der Waals surface area contributed by atoms with E-state index in [0.717, 1.165) is 22.3 Å². The van der Waals surface area contributed by atoms with E-state index in [4.69, 9.17) is 9.84 Å². The summed E-state index contributed by atoms with van der Waals surface area (Å²) in [5, 5.41) is 10.8. The Kier molecular flexibility index (Phi) is 3.84. The van der Waals surface area contributed by atoms with Crippen molar-refractivity contribution < 1.29 is 14.6 Å². The topological polar surface area (TPSA) is 72.3 Å². The third-order valence-corrected chi connectivity index (χ3v) is 4.43. The summed E-state index contributed by atoms with van der Waals surface area (Å²) in [6, 6.07) is 7.85. The van der Waals surface area contributed by atoms with E-state index in [1.807, 2.05) is 24.3 Å². The van der Waals surface area contributed by atoms with E-state index in [2.05, 4.69) is 9.97 Å². The fourth-order valence-electron chi connectivity index (χ4n) is 2.28. The Morgan fingerprint density at radius 3 is 3.00 bits per heavy atom. The van der Waals surface area contributed by atoms with Gasteiger partial charge in [-0.1, -0.05) is 18.2 Å². The van der Waals surface area contributed by atoms with Crippen molar-refractivity contribution in [2.24, 2.45) is 0 Å². The number of ether oxygens (including phenoxy) is 1. The summed E-state index contributed by atoms with van der Waals surface area (Å²) in [6.07, 6.45) is 2.26. The number of carboxylic acid groups (broad SMARTS) is 1. The molecule has 1 aromatic heterocycles. The molecule has 0 spiro atoms. The fourth-order valence-corrected chi connectivity index (χ4v) is 3.32. The number of rotatable bonds is 4. The number of fused-ring (bicyclic) bond motifs is 1. The van der Waals surface area contributed by atoms with Gasteiger partial charge in [-0.15, -0.1) is 11.8 Å². The van der Waals surface area contributed by atoms with Crippen LogP contribution in [0.1, 0.15) is 12.8 Å². The molecule has 20 heavy (non-hydrogen) atoms. The Labute approximate surface area is 120 Å². The van der Waals surface area contributed by atoms with E-state index < -0.39 is 12.1 Å². The number of nitrogens with zero attached hydrogens (tertiary/aromatic N) is 2. The molecule has 0 radical (unpaired) electrons. The van der Waals surface area contributed by atoms with Crippen molar-refractivity contribution in [3.63, 3.8) is 0 Å². The van der Waals surface area contributed by atoms with Gasteiger partial charge in [0.25, 0.3) is 0 Å². The molecule has 1 aromatic carbocycles. The van der Waals surface area contributed by atoms with Crippen molar-refractivity contribution in [3.05, 3.63) is 30.6 Å². The highest BCUT2D eigenvalue weighted by atomic mass is 32.2. The molecule has 1 saturated heterocycles. The van der Waals surface area contributed by atoms with Gasteiger partial charge in [-0.05, 0) is 18.9 Å². The molecule has 2 aromatic rings. The predicted octanol–water partition coefficient (Wildman–Crippen LogP) is 2.35. The van der Waals surface area contributed by atoms with Gasteiger partial charge in [0, 0.05) is 11.1 Å². The minimum Gasteiger partial charge on any atom is -0.479 e. The molecule has 0 saturated carbocycles. The molecule has 3 rings (SSSR count). The summed E-state index contributed by atoms with van der Waals surface area (Å²) in [5.74, 6) is -0.157. The number of carbonyl (C=O) groups is 1. The van der Waals surface area contributed by atoms with Crippen molar-refractivity contribution in [1.82, 2.24) is 9.97 Å². The first-order valence-corrected chi connectivity index (χ1v) is 7.43. The van der Waals surface area contributed by atoms with Crippen molar-refractivity contribution >= 4 is 28.6 Å². The highest BCUT2D eigenvalue weighted by Crippen LogP contribution is 2.29. The van der Waals surface area contributed by atoms with Crippen LogP contribution in [0.5, 0.6) is 0 Å². The summed E-state index contributed by atoms with van der Waals surface area (Å²) < 4.78 is 5.49. The van der Waals surface area contributed by atoms with E-state index in [-0.39, 0.29) is 6.10 Å². The molecular formula is C14H14N2O3S. The molecule has 2 heterocycles. The summed E-state index contributed by atoms with van der Waals surface area (Å²) in [4.78, 5) is 19.4. The van der Waals surface area contributed by atoms with Gasteiger partial charge in [0.2, 0.25) is 0 Å². The first-order chi connectivity index (χ1) is 9.74. The van der Waals surface area contributed by atoms with Gasteiger partial charge >= 0.3 is 5.97 Å². The van der Waals surface area contributed by atoms with Gasteiger partial charge < -0.3 is 9.84 Å². The average molecular weight is 290 g/mol. The number of thioether (sulfide) groups is 1. The van der Waals surface area contributed by atoms with Gasteiger partial charge in [0.05, 0.1) is 11.6 Å². The summed E-state index contributed by atoms with van der Waals surface area (Å²) in [7, 11) is 0. The second-order valence-electron chi connectivity index (χ2n) is 4.67. The van der Waals surface area contributed by atoms with Gasteiger partial charge in [0.1, 0.15) is 11.4 Å². The normalized spacial score (nSPS) is 22.2. The quantitative estimate of drug-likeness (QED) is 0.688. The molecular weight excluding hydrogens is 276 g/mol. The molecule has 1 aliphatic rings. The van der Waals surface area contributed by atoms with Crippen molar-refractivity contribution in [3.8, 4) is 0 Å². The lowest BCUT2D eigenvalue weighted by Gasteiger charge is -2.11. The zero-order chi connectivity index (χ0) is 13.9. The van der Waals surface area contributed by atoms with E-state index >= 15 is 0 Å². The smallest absolute Gasteiger partial charge is 0.332 e. The van der Waals surface area contributed by atoms with Crippen LogP contribution in [0.2, 0.25) is 0 Å². The number of aliphatic carboxylic acids is 1. The summed E-state index contributed by atoms with van der Waals surface area (Å²) in [5.41, 5.74) is 0.917. The van der Waals surface area contributed by atoms with Gasteiger partial charge in [-0.2, -0.15) is 0 Å². The van der Waals surface area contributed by atoms with E-state index in [1.54, 1.807) is 18.1 Å². The Hall–Kier alpha value is -1.66. The molecule has 0 bridgehead atoms. The van der Waals surface area contributed by atoms with Gasteiger partial charge in [-0.25, -0.2) is 14.8 Å². The minimum absolute atomic E-state index is 0.0187. The van der Waals surface area contributed by atoms with Crippen LogP contribution in [-0.4, -0.2) is 39.0 Å². The number of hydrogen-bond acceptors (Lipinski definition) is 5.